The summed E-state index contributed by atoms with van der Waals surface area (Å²) in [6.45, 7) is 0. The maximum absolute atomic E-state index is 14.0. The molecule has 0 aliphatic heterocycles. The van der Waals surface area contributed by atoms with Crippen molar-refractivity contribution < 1.29 is 14.3 Å². The lowest BCUT2D eigenvalue weighted by atomic mass is 9.85. The lowest BCUT2D eigenvalue weighted by Gasteiger charge is -2.30. The maximum Gasteiger partial charge on any atom is 0.336 e. The number of carbonyl (C=O) groups excluding carboxylic acids is 1. The number of pyridine rings is 1. The monoisotopic (exact) mass is 493 g/mol. The van der Waals surface area contributed by atoms with Gasteiger partial charge in [0, 0.05) is 22.6 Å². The van der Waals surface area contributed by atoms with Crippen LogP contribution in [-0.2, 0) is 9.53 Å². The number of nitrogens with zero attached hydrogens (tertiary/aromatic N) is 3. The van der Waals surface area contributed by atoms with E-state index in [0.29, 0.717) is 63.9 Å². The van der Waals surface area contributed by atoms with Gasteiger partial charge in [0.1, 0.15) is 11.3 Å². The molecule has 9 heteroatoms. The molecule has 0 spiro atoms. The smallest absolute Gasteiger partial charge is 0.336 e. The first-order valence-corrected chi connectivity index (χ1v) is 11.8. The van der Waals surface area contributed by atoms with Crippen LogP contribution in [0.1, 0.15) is 31.7 Å². The first-order chi connectivity index (χ1) is 16.9. The van der Waals surface area contributed by atoms with Gasteiger partial charge in [-0.3, -0.25) is 19.1 Å². The third-order valence-electron chi connectivity index (χ3n) is 6.79. The largest absolute Gasteiger partial charge is 0.494 e. The minimum Gasteiger partial charge on any atom is -0.494 e. The minimum absolute atomic E-state index is 0.199. The van der Waals surface area contributed by atoms with Crippen LogP contribution < -0.4 is 16.0 Å². The second-order valence-electron chi connectivity index (χ2n) is 8.68. The number of para-hydroxylation sites is 1. The van der Waals surface area contributed by atoms with Gasteiger partial charge < -0.3 is 9.47 Å². The number of halogens is 1. The number of methoxy groups -OCH3 is 2. The highest BCUT2D eigenvalue weighted by Crippen LogP contribution is 2.36. The maximum atomic E-state index is 14.0. The van der Waals surface area contributed by atoms with Gasteiger partial charge in [0.05, 0.1) is 36.7 Å². The second kappa shape index (κ2) is 9.19. The van der Waals surface area contributed by atoms with Crippen LogP contribution in [-0.4, -0.2) is 34.3 Å². The second-order valence-corrected chi connectivity index (χ2v) is 9.11. The Labute approximate surface area is 205 Å². The van der Waals surface area contributed by atoms with Crippen LogP contribution in [0.4, 0.5) is 0 Å². The minimum atomic E-state index is -0.469. The van der Waals surface area contributed by atoms with Gasteiger partial charge in [-0.15, -0.1) is 0 Å². The van der Waals surface area contributed by atoms with Crippen LogP contribution in [0, 0.1) is 5.92 Å². The van der Waals surface area contributed by atoms with Gasteiger partial charge >= 0.3 is 11.7 Å². The van der Waals surface area contributed by atoms with E-state index in [1.807, 2.05) is 12.1 Å². The Hall–Kier alpha value is -3.65. The normalized spacial score (nSPS) is 18.0. The SMILES string of the molecule is COC(=O)C1CCC(n2c(=O)n(-c3cccc(Cl)c3)c(=O)c3cnc4c(OC)cccc4c32)CC1. The molecular weight excluding hydrogens is 470 g/mol. The Balaban J connectivity index is 1.82. The number of hydrogen-bond donors (Lipinski definition) is 0. The van der Waals surface area contributed by atoms with Crippen LogP contribution >= 0.6 is 11.6 Å². The molecule has 2 aromatic heterocycles. The molecule has 1 aliphatic carbocycles. The topological polar surface area (TPSA) is 92.4 Å². The number of aromatic nitrogens is 3. The van der Waals surface area contributed by atoms with Gasteiger partial charge in [-0.25, -0.2) is 9.36 Å². The fraction of sp³-hybridized carbons (Fsp3) is 0.308. The van der Waals surface area contributed by atoms with Gasteiger partial charge in [0.15, 0.2) is 0 Å². The summed E-state index contributed by atoms with van der Waals surface area (Å²) in [7, 11) is 2.94. The summed E-state index contributed by atoms with van der Waals surface area (Å²) in [5.41, 5.74) is 0.547. The van der Waals surface area contributed by atoms with Crippen LogP contribution in [0.15, 0.2) is 58.3 Å². The Bertz CT molecular complexity index is 1570. The lowest BCUT2D eigenvalue weighted by Crippen LogP contribution is -2.41. The average Bonchev–Trinajstić information content (AvgIpc) is 2.88. The van der Waals surface area contributed by atoms with E-state index in [-0.39, 0.29) is 17.9 Å². The zero-order chi connectivity index (χ0) is 24.7. The van der Waals surface area contributed by atoms with E-state index in [1.54, 1.807) is 42.0 Å². The highest BCUT2D eigenvalue weighted by Gasteiger charge is 2.31. The summed E-state index contributed by atoms with van der Waals surface area (Å²) in [5.74, 6) is 0.122. The molecule has 0 amide bonds. The van der Waals surface area contributed by atoms with Gasteiger partial charge in [-0.2, -0.15) is 0 Å². The first-order valence-electron chi connectivity index (χ1n) is 11.4. The molecule has 2 heterocycles. The van der Waals surface area contributed by atoms with Crippen LogP contribution in [0.25, 0.3) is 27.5 Å². The van der Waals surface area contributed by atoms with E-state index in [2.05, 4.69) is 4.98 Å². The molecule has 1 aliphatic rings. The Morgan fingerprint density at radius 1 is 1.03 bits per heavy atom. The van der Waals surface area contributed by atoms with Crippen molar-refractivity contribution in [3.8, 4) is 11.4 Å². The zero-order valence-corrected chi connectivity index (χ0v) is 20.1. The molecule has 0 saturated heterocycles. The van der Waals surface area contributed by atoms with Crippen molar-refractivity contribution in [2.45, 2.75) is 31.7 Å². The van der Waals surface area contributed by atoms with E-state index in [0.717, 1.165) is 4.57 Å². The van der Waals surface area contributed by atoms with E-state index in [1.165, 1.54) is 13.3 Å². The Morgan fingerprint density at radius 2 is 1.77 bits per heavy atom. The molecule has 0 atom stereocenters. The number of ether oxygens (including phenoxy) is 2. The predicted octanol–water partition coefficient (Wildman–Crippen LogP) is 4.27. The molecule has 1 saturated carbocycles. The van der Waals surface area contributed by atoms with E-state index >= 15 is 0 Å². The highest BCUT2D eigenvalue weighted by molar-refractivity contribution is 6.30. The lowest BCUT2D eigenvalue weighted by molar-refractivity contribution is -0.146. The number of fused-ring (bicyclic) bond motifs is 3. The van der Waals surface area contributed by atoms with Crippen molar-refractivity contribution in [1.29, 1.82) is 0 Å². The predicted molar refractivity (Wildman–Crippen MR) is 134 cm³/mol. The van der Waals surface area contributed by atoms with Crippen molar-refractivity contribution in [2.75, 3.05) is 14.2 Å². The zero-order valence-electron chi connectivity index (χ0n) is 19.4. The molecule has 0 N–H and O–H groups in total. The summed E-state index contributed by atoms with van der Waals surface area (Å²) in [6, 6.07) is 11.9. The van der Waals surface area contributed by atoms with E-state index in [9.17, 15) is 14.4 Å². The van der Waals surface area contributed by atoms with Crippen molar-refractivity contribution in [1.82, 2.24) is 14.1 Å². The molecule has 8 nitrogen and oxygen atoms in total. The number of benzene rings is 2. The summed E-state index contributed by atoms with van der Waals surface area (Å²) < 4.78 is 13.2. The Kier molecular flexibility index (Phi) is 6.06. The van der Waals surface area contributed by atoms with Gasteiger partial charge in [0.2, 0.25) is 0 Å². The number of carbonyl (C=O) groups is 1. The van der Waals surface area contributed by atoms with Crippen LogP contribution in [0.2, 0.25) is 5.02 Å². The summed E-state index contributed by atoms with van der Waals surface area (Å²) in [5, 5.41) is 1.39. The van der Waals surface area contributed by atoms with Crippen molar-refractivity contribution >= 4 is 39.4 Å². The average molecular weight is 494 g/mol. The van der Waals surface area contributed by atoms with Crippen molar-refractivity contribution in [2.24, 2.45) is 5.92 Å². The first kappa shape index (κ1) is 23.1. The molecule has 0 bridgehead atoms. The fourth-order valence-electron chi connectivity index (χ4n) is 5.09. The van der Waals surface area contributed by atoms with Crippen LogP contribution in [0.5, 0.6) is 5.75 Å². The molecule has 5 rings (SSSR count). The summed E-state index contributed by atoms with van der Waals surface area (Å²) in [6.07, 6.45) is 3.87. The molecule has 35 heavy (non-hydrogen) atoms. The standard InChI is InChI=1S/C26H24ClN3O5/c1-34-21-8-4-7-19-22(21)28-14-20-23(19)29(17-11-9-15(10-12-17)25(32)35-2)26(33)30(24(20)31)18-6-3-5-16(27)13-18/h3-8,13-15,17H,9-12H2,1-2H3. The summed E-state index contributed by atoms with van der Waals surface area (Å²) in [4.78, 5) is 44.3. The number of rotatable bonds is 4. The third-order valence-corrected chi connectivity index (χ3v) is 7.02. The van der Waals surface area contributed by atoms with Crippen molar-refractivity contribution in [3.63, 3.8) is 0 Å². The number of esters is 1. The van der Waals surface area contributed by atoms with Crippen LogP contribution in [0.3, 0.4) is 0 Å². The fourth-order valence-corrected chi connectivity index (χ4v) is 5.28. The molecule has 0 unspecified atom stereocenters. The highest BCUT2D eigenvalue weighted by atomic mass is 35.5. The Morgan fingerprint density at radius 3 is 2.46 bits per heavy atom. The molecule has 4 aromatic rings. The van der Waals surface area contributed by atoms with Gasteiger partial charge in [0.25, 0.3) is 5.56 Å². The van der Waals surface area contributed by atoms with Crippen molar-refractivity contribution in [3.05, 3.63) is 74.5 Å². The molecule has 0 radical (unpaired) electrons. The van der Waals surface area contributed by atoms with E-state index < -0.39 is 11.2 Å². The molecule has 2 aromatic carbocycles. The van der Waals surface area contributed by atoms with Gasteiger partial charge in [-0.1, -0.05) is 29.8 Å². The molecule has 1 fully saturated rings. The molecule has 180 valence electrons. The third kappa shape index (κ3) is 3.87. The summed E-state index contributed by atoms with van der Waals surface area (Å²) >= 11 is 6.18. The molecular formula is C26H24ClN3O5. The van der Waals surface area contributed by atoms with E-state index in [4.69, 9.17) is 21.1 Å². The van der Waals surface area contributed by atoms with Gasteiger partial charge in [-0.05, 0) is 49.9 Å². The number of hydrogen-bond acceptors (Lipinski definition) is 6. The quantitative estimate of drug-likeness (QED) is 0.311.